The van der Waals surface area contributed by atoms with Crippen LogP contribution < -0.4 is 4.74 Å². The van der Waals surface area contributed by atoms with Gasteiger partial charge in [-0.25, -0.2) is 4.39 Å². The summed E-state index contributed by atoms with van der Waals surface area (Å²) in [5, 5.41) is 2.07. The Morgan fingerprint density at radius 1 is 1.20 bits per heavy atom. The second-order valence-electron chi connectivity index (χ2n) is 5.85. The van der Waals surface area contributed by atoms with Gasteiger partial charge >= 0.3 is 0 Å². The van der Waals surface area contributed by atoms with Crippen LogP contribution >= 0.6 is 11.3 Å². The number of carbonyl (C=O) groups excluding carboxylic acids is 1. The van der Waals surface area contributed by atoms with Crippen molar-refractivity contribution in [1.29, 1.82) is 0 Å². The Labute approximate surface area is 148 Å². The average molecular weight is 357 g/mol. The largest absolute Gasteiger partial charge is 0.486 e. The standard InChI is InChI=1S/C19H16FNO3S/c20-14-1-3-15(4-2-14)23-12-16-5-6-17(24-16)19(22)21-9-7-18-13(11-21)8-10-25-18/h1-6,8,10H,7,9,11-12H2. The topological polar surface area (TPSA) is 42.7 Å². The maximum atomic E-state index is 12.9. The first-order valence-electron chi connectivity index (χ1n) is 8.00. The van der Waals surface area contributed by atoms with E-state index in [9.17, 15) is 9.18 Å². The first-order valence-corrected chi connectivity index (χ1v) is 8.88. The van der Waals surface area contributed by atoms with Gasteiger partial charge < -0.3 is 14.1 Å². The predicted molar refractivity (Wildman–Crippen MR) is 92.2 cm³/mol. The van der Waals surface area contributed by atoms with Crippen molar-refractivity contribution in [3.8, 4) is 5.75 Å². The van der Waals surface area contributed by atoms with E-state index in [0.717, 1.165) is 6.42 Å². The molecule has 1 amide bonds. The minimum Gasteiger partial charge on any atom is -0.486 e. The van der Waals surface area contributed by atoms with Crippen molar-refractivity contribution in [1.82, 2.24) is 4.90 Å². The summed E-state index contributed by atoms with van der Waals surface area (Å²) in [7, 11) is 0. The van der Waals surface area contributed by atoms with Crippen LogP contribution in [0.1, 0.15) is 26.8 Å². The van der Waals surface area contributed by atoms with E-state index in [2.05, 4.69) is 11.4 Å². The highest BCUT2D eigenvalue weighted by Gasteiger charge is 2.24. The second-order valence-corrected chi connectivity index (χ2v) is 6.85. The summed E-state index contributed by atoms with van der Waals surface area (Å²) in [5.74, 6) is 1.00. The Morgan fingerprint density at radius 2 is 2.04 bits per heavy atom. The maximum Gasteiger partial charge on any atom is 0.289 e. The SMILES string of the molecule is O=C(c1ccc(COc2ccc(F)cc2)o1)N1CCc2sccc2C1. The lowest BCUT2D eigenvalue weighted by Crippen LogP contribution is -2.35. The number of amides is 1. The minimum absolute atomic E-state index is 0.107. The zero-order chi connectivity index (χ0) is 17.2. The van der Waals surface area contributed by atoms with Gasteiger partial charge in [0.2, 0.25) is 0 Å². The molecule has 0 aliphatic carbocycles. The summed E-state index contributed by atoms with van der Waals surface area (Å²) in [6, 6.07) is 11.3. The van der Waals surface area contributed by atoms with E-state index in [1.807, 2.05) is 0 Å². The molecule has 0 atom stereocenters. The van der Waals surface area contributed by atoms with E-state index in [0.29, 0.717) is 30.4 Å². The third-order valence-corrected chi connectivity index (χ3v) is 5.19. The van der Waals surface area contributed by atoms with Crippen molar-refractivity contribution < 1.29 is 18.3 Å². The van der Waals surface area contributed by atoms with E-state index >= 15 is 0 Å². The van der Waals surface area contributed by atoms with Crippen molar-refractivity contribution in [2.24, 2.45) is 0 Å². The summed E-state index contributed by atoms with van der Waals surface area (Å²) in [5.41, 5.74) is 1.22. The number of nitrogens with zero attached hydrogens (tertiary/aromatic N) is 1. The number of carbonyl (C=O) groups is 1. The number of fused-ring (bicyclic) bond motifs is 1. The summed E-state index contributed by atoms with van der Waals surface area (Å²) >= 11 is 1.74. The van der Waals surface area contributed by atoms with Crippen molar-refractivity contribution in [2.45, 2.75) is 19.6 Å². The molecule has 0 saturated heterocycles. The molecule has 0 radical (unpaired) electrons. The number of benzene rings is 1. The Bertz CT molecular complexity index is 884. The van der Waals surface area contributed by atoms with Gasteiger partial charge in [-0.3, -0.25) is 4.79 Å². The number of halogens is 1. The molecular formula is C19H16FNO3S. The summed E-state index contributed by atoms with van der Waals surface area (Å²) in [6.45, 7) is 1.52. The van der Waals surface area contributed by atoms with Gasteiger partial charge in [0.15, 0.2) is 5.76 Å². The number of thiophene rings is 1. The van der Waals surface area contributed by atoms with Crippen molar-refractivity contribution in [3.05, 3.63) is 75.6 Å². The minimum atomic E-state index is -0.312. The molecule has 2 aromatic heterocycles. The number of hydrogen-bond donors (Lipinski definition) is 0. The van der Waals surface area contributed by atoms with Crippen LogP contribution in [0, 0.1) is 5.82 Å². The van der Waals surface area contributed by atoms with Gasteiger partial charge in [-0.1, -0.05) is 0 Å². The molecule has 3 heterocycles. The van der Waals surface area contributed by atoms with Gasteiger partial charge in [-0.15, -0.1) is 11.3 Å². The summed E-state index contributed by atoms with van der Waals surface area (Å²) < 4.78 is 24.0. The van der Waals surface area contributed by atoms with Gasteiger partial charge in [-0.05, 0) is 59.8 Å². The molecular weight excluding hydrogens is 341 g/mol. The predicted octanol–water partition coefficient (Wildman–Crippen LogP) is 4.26. The molecule has 0 spiro atoms. The Kier molecular flexibility index (Phi) is 4.28. The number of furan rings is 1. The van der Waals surface area contributed by atoms with E-state index in [1.165, 1.54) is 22.6 Å². The van der Waals surface area contributed by atoms with Gasteiger partial charge in [0.25, 0.3) is 5.91 Å². The fourth-order valence-electron chi connectivity index (χ4n) is 2.83. The van der Waals surface area contributed by atoms with Crippen LogP contribution in [0.2, 0.25) is 0 Å². The average Bonchev–Trinajstić information content (AvgIpc) is 3.29. The van der Waals surface area contributed by atoms with Crippen LogP contribution in [0.4, 0.5) is 4.39 Å². The van der Waals surface area contributed by atoms with Crippen LogP contribution in [-0.4, -0.2) is 17.4 Å². The first kappa shape index (κ1) is 15.9. The van der Waals surface area contributed by atoms with Crippen LogP contribution in [0.25, 0.3) is 0 Å². The molecule has 3 aromatic rings. The van der Waals surface area contributed by atoms with Gasteiger partial charge in [0.1, 0.15) is 23.9 Å². The van der Waals surface area contributed by atoms with Crippen LogP contribution in [0.3, 0.4) is 0 Å². The smallest absolute Gasteiger partial charge is 0.289 e. The van der Waals surface area contributed by atoms with Crippen molar-refractivity contribution in [2.75, 3.05) is 6.54 Å². The zero-order valence-electron chi connectivity index (χ0n) is 13.4. The highest BCUT2D eigenvalue weighted by atomic mass is 32.1. The Hall–Kier alpha value is -2.60. The van der Waals surface area contributed by atoms with E-state index in [-0.39, 0.29) is 18.3 Å². The van der Waals surface area contributed by atoms with Crippen LogP contribution in [0.5, 0.6) is 5.75 Å². The zero-order valence-corrected chi connectivity index (χ0v) is 14.2. The van der Waals surface area contributed by atoms with E-state index in [4.69, 9.17) is 9.15 Å². The number of rotatable bonds is 4. The molecule has 25 heavy (non-hydrogen) atoms. The molecule has 128 valence electrons. The molecule has 0 bridgehead atoms. The molecule has 6 heteroatoms. The Morgan fingerprint density at radius 3 is 2.88 bits per heavy atom. The van der Waals surface area contributed by atoms with Crippen LogP contribution in [0.15, 0.2) is 52.3 Å². The molecule has 1 aliphatic heterocycles. The lowest BCUT2D eigenvalue weighted by Gasteiger charge is -2.26. The molecule has 4 nitrogen and oxygen atoms in total. The lowest BCUT2D eigenvalue weighted by molar-refractivity contribution is 0.0699. The highest BCUT2D eigenvalue weighted by molar-refractivity contribution is 7.10. The monoisotopic (exact) mass is 357 g/mol. The number of hydrogen-bond acceptors (Lipinski definition) is 4. The van der Waals surface area contributed by atoms with E-state index in [1.54, 1.807) is 40.5 Å². The summed E-state index contributed by atoms with van der Waals surface area (Å²) in [4.78, 5) is 15.8. The third kappa shape index (κ3) is 3.44. The van der Waals surface area contributed by atoms with Gasteiger partial charge in [-0.2, -0.15) is 0 Å². The molecule has 4 rings (SSSR count). The summed E-state index contributed by atoms with van der Waals surface area (Å²) in [6.07, 6.45) is 0.889. The fraction of sp³-hybridized carbons (Fsp3) is 0.211. The maximum absolute atomic E-state index is 12.9. The third-order valence-electron chi connectivity index (χ3n) is 4.16. The van der Waals surface area contributed by atoms with Gasteiger partial charge in [0.05, 0.1) is 0 Å². The molecule has 1 aliphatic rings. The van der Waals surface area contributed by atoms with Crippen molar-refractivity contribution >= 4 is 17.2 Å². The normalized spacial score (nSPS) is 13.6. The second kappa shape index (κ2) is 6.72. The fourth-order valence-corrected chi connectivity index (χ4v) is 3.72. The molecule has 0 N–H and O–H groups in total. The molecule has 1 aromatic carbocycles. The number of ether oxygens (including phenoxy) is 1. The van der Waals surface area contributed by atoms with E-state index < -0.39 is 0 Å². The highest BCUT2D eigenvalue weighted by Crippen LogP contribution is 2.25. The molecule has 0 unspecified atom stereocenters. The van der Waals surface area contributed by atoms with Gasteiger partial charge in [0, 0.05) is 18.0 Å². The molecule has 0 saturated carbocycles. The quantitative estimate of drug-likeness (QED) is 0.701. The molecule has 0 fully saturated rings. The van der Waals surface area contributed by atoms with Crippen molar-refractivity contribution in [3.63, 3.8) is 0 Å². The van der Waals surface area contributed by atoms with Crippen LogP contribution in [-0.2, 0) is 19.6 Å². The lowest BCUT2D eigenvalue weighted by atomic mass is 10.1. The first-order chi connectivity index (χ1) is 12.2. The Balaban J connectivity index is 1.39.